The van der Waals surface area contributed by atoms with Crippen LogP contribution in [0.5, 0.6) is 0 Å². The van der Waals surface area contributed by atoms with Crippen molar-refractivity contribution in [3.05, 3.63) is 30.5 Å². The van der Waals surface area contributed by atoms with E-state index in [1.54, 1.807) is 6.20 Å². The van der Waals surface area contributed by atoms with Crippen molar-refractivity contribution in [3.63, 3.8) is 0 Å². The molecule has 0 aromatic carbocycles. The second kappa shape index (κ2) is 4.45. The number of aromatic nitrogens is 4. The largest absolute Gasteiger partial charge is 0.336 e. The lowest BCUT2D eigenvalue weighted by Gasteiger charge is -2.18. The molecule has 6 heteroatoms. The van der Waals surface area contributed by atoms with Crippen LogP contribution in [-0.2, 0) is 5.54 Å². The lowest BCUT2D eigenvalue weighted by atomic mass is 10.1. The highest BCUT2D eigenvalue weighted by atomic mass is 15.3. The summed E-state index contributed by atoms with van der Waals surface area (Å²) in [6, 6.07) is 1.92. The fraction of sp³-hybridized carbons (Fsp3) is 0.333. The molecular formula is C12H14N6. The average molecular weight is 242 g/mol. The molecule has 2 aromatic rings. The zero-order valence-electron chi connectivity index (χ0n) is 10.5. The van der Waals surface area contributed by atoms with Gasteiger partial charge in [-0.1, -0.05) is 0 Å². The van der Waals surface area contributed by atoms with Crippen LogP contribution in [0.4, 0.5) is 11.5 Å². The Kier molecular flexibility index (Phi) is 2.98. The van der Waals surface area contributed by atoms with Gasteiger partial charge in [-0.3, -0.25) is 4.68 Å². The molecule has 92 valence electrons. The molecule has 0 aliphatic heterocycles. The van der Waals surface area contributed by atoms with E-state index in [-0.39, 0.29) is 5.54 Å². The van der Waals surface area contributed by atoms with E-state index in [2.05, 4.69) is 41.2 Å². The summed E-state index contributed by atoms with van der Waals surface area (Å²) >= 11 is 0. The van der Waals surface area contributed by atoms with Crippen molar-refractivity contribution in [1.82, 2.24) is 19.7 Å². The van der Waals surface area contributed by atoms with Crippen molar-refractivity contribution in [2.75, 3.05) is 5.32 Å². The molecule has 2 aromatic heterocycles. The zero-order valence-corrected chi connectivity index (χ0v) is 10.5. The molecule has 18 heavy (non-hydrogen) atoms. The summed E-state index contributed by atoms with van der Waals surface area (Å²) < 4.78 is 1.87. The van der Waals surface area contributed by atoms with Gasteiger partial charge >= 0.3 is 0 Å². The van der Waals surface area contributed by atoms with Crippen LogP contribution < -0.4 is 5.32 Å². The van der Waals surface area contributed by atoms with Crippen LogP contribution in [0.25, 0.3) is 0 Å². The Hall–Kier alpha value is -2.42. The number of nitrogens with zero attached hydrogens (tertiary/aromatic N) is 5. The molecule has 2 heterocycles. The molecule has 6 nitrogen and oxygen atoms in total. The first kappa shape index (κ1) is 12.0. The summed E-state index contributed by atoms with van der Waals surface area (Å²) in [5.41, 5.74) is 1.07. The highest BCUT2D eigenvalue weighted by Crippen LogP contribution is 2.18. The summed E-state index contributed by atoms with van der Waals surface area (Å²) in [5.74, 6) is 0.586. The quantitative estimate of drug-likeness (QED) is 0.871. The van der Waals surface area contributed by atoms with Gasteiger partial charge in [0.05, 0.1) is 29.8 Å². The highest BCUT2D eigenvalue weighted by molar-refractivity contribution is 5.53. The van der Waals surface area contributed by atoms with Crippen molar-refractivity contribution >= 4 is 11.5 Å². The molecule has 0 fully saturated rings. The predicted molar refractivity (Wildman–Crippen MR) is 67.3 cm³/mol. The second-order valence-corrected chi connectivity index (χ2v) is 4.87. The van der Waals surface area contributed by atoms with E-state index >= 15 is 0 Å². The predicted octanol–water partition coefficient (Wildman–Crippen LogP) is 2.04. The molecule has 0 unspecified atom stereocenters. The van der Waals surface area contributed by atoms with Crippen molar-refractivity contribution in [1.29, 1.82) is 5.26 Å². The molecule has 0 aliphatic carbocycles. The van der Waals surface area contributed by atoms with Gasteiger partial charge in [0.2, 0.25) is 0 Å². The number of anilines is 2. The zero-order chi connectivity index (χ0) is 13.2. The molecule has 0 spiro atoms. The number of hydrogen-bond donors (Lipinski definition) is 1. The van der Waals surface area contributed by atoms with Crippen LogP contribution in [0.15, 0.2) is 24.8 Å². The molecular weight excluding hydrogens is 228 g/mol. The smallest absolute Gasteiger partial charge is 0.158 e. The molecule has 0 aliphatic rings. The van der Waals surface area contributed by atoms with E-state index in [9.17, 15) is 0 Å². The Morgan fingerprint density at radius 2 is 2.00 bits per heavy atom. The third kappa shape index (κ3) is 2.63. The van der Waals surface area contributed by atoms with Crippen molar-refractivity contribution < 1.29 is 0 Å². The first-order valence-electron chi connectivity index (χ1n) is 5.53. The number of nitrogens with one attached hydrogen (secondary N) is 1. The summed E-state index contributed by atoms with van der Waals surface area (Å²) in [4.78, 5) is 8.02. The standard InChI is InChI=1S/C12H14N6/c1-12(2,3)18-8-10(6-16-18)17-11-7-14-9(4-13)5-15-11/h5-8H,1-3H3,(H,15,17). The highest BCUT2D eigenvalue weighted by Gasteiger charge is 2.13. The van der Waals surface area contributed by atoms with E-state index in [1.807, 2.05) is 16.9 Å². The summed E-state index contributed by atoms with van der Waals surface area (Å²) in [6.45, 7) is 6.22. The molecule has 2 rings (SSSR count). The van der Waals surface area contributed by atoms with E-state index in [0.717, 1.165) is 5.69 Å². The monoisotopic (exact) mass is 242 g/mol. The topological polar surface area (TPSA) is 79.4 Å². The van der Waals surface area contributed by atoms with Crippen LogP contribution in [0, 0.1) is 11.3 Å². The van der Waals surface area contributed by atoms with Gasteiger partial charge in [-0.15, -0.1) is 0 Å². The van der Waals surface area contributed by atoms with Gasteiger partial charge in [-0.2, -0.15) is 10.4 Å². The lowest BCUT2D eigenvalue weighted by molar-refractivity contribution is 0.355. The van der Waals surface area contributed by atoms with E-state index in [0.29, 0.717) is 11.5 Å². The molecule has 1 N–H and O–H groups in total. The first-order valence-corrected chi connectivity index (χ1v) is 5.53. The van der Waals surface area contributed by atoms with Crippen LogP contribution in [0.1, 0.15) is 26.5 Å². The van der Waals surface area contributed by atoms with E-state index in [4.69, 9.17) is 5.26 Å². The summed E-state index contributed by atoms with van der Waals surface area (Å²) in [6.07, 6.45) is 6.58. The molecule has 0 saturated carbocycles. The van der Waals surface area contributed by atoms with Crippen LogP contribution >= 0.6 is 0 Å². The molecule has 0 atom stereocenters. The van der Waals surface area contributed by atoms with Gasteiger partial charge in [0.25, 0.3) is 0 Å². The van der Waals surface area contributed by atoms with E-state index < -0.39 is 0 Å². The van der Waals surface area contributed by atoms with Gasteiger partial charge in [-0.25, -0.2) is 9.97 Å². The van der Waals surface area contributed by atoms with Crippen LogP contribution in [-0.4, -0.2) is 19.7 Å². The van der Waals surface area contributed by atoms with Crippen LogP contribution in [0.3, 0.4) is 0 Å². The van der Waals surface area contributed by atoms with Gasteiger partial charge in [-0.05, 0) is 20.8 Å². The Bertz CT molecular complexity index is 570. The minimum Gasteiger partial charge on any atom is -0.336 e. The Morgan fingerprint density at radius 1 is 1.22 bits per heavy atom. The van der Waals surface area contributed by atoms with E-state index in [1.165, 1.54) is 12.4 Å². The fourth-order valence-electron chi connectivity index (χ4n) is 1.35. The minimum absolute atomic E-state index is 0.0593. The summed E-state index contributed by atoms with van der Waals surface area (Å²) in [7, 11) is 0. The van der Waals surface area contributed by atoms with Gasteiger partial charge in [0.1, 0.15) is 11.9 Å². The maximum absolute atomic E-state index is 8.62. The van der Waals surface area contributed by atoms with Crippen molar-refractivity contribution in [2.24, 2.45) is 0 Å². The number of hydrogen-bond acceptors (Lipinski definition) is 5. The molecule has 0 amide bonds. The first-order chi connectivity index (χ1) is 8.49. The van der Waals surface area contributed by atoms with Crippen LogP contribution in [0.2, 0.25) is 0 Å². The maximum atomic E-state index is 8.62. The maximum Gasteiger partial charge on any atom is 0.158 e. The minimum atomic E-state index is -0.0593. The van der Waals surface area contributed by atoms with Gasteiger partial charge < -0.3 is 5.32 Å². The third-order valence-corrected chi connectivity index (χ3v) is 2.31. The normalized spacial score (nSPS) is 11.0. The molecule has 0 saturated heterocycles. The molecule has 0 bridgehead atoms. The number of nitriles is 1. The van der Waals surface area contributed by atoms with Gasteiger partial charge in [0, 0.05) is 6.20 Å². The Balaban J connectivity index is 2.14. The molecule has 0 radical (unpaired) electrons. The van der Waals surface area contributed by atoms with Crippen molar-refractivity contribution in [3.8, 4) is 6.07 Å². The Morgan fingerprint density at radius 3 is 2.50 bits per heavy atom. The van der Waals surface area contributed by atoms with Gasteiger partial charge in [0.15, 0.2) is 5.69 Å². The number of rotatable bonds is 2. The van der Waals surface area contributed by atoms with Crippen molar-refractivity contribution in [2.45, 2.75) is 26.3 Å². The Labute approximate surface area is 105 Å². The SMILES string of the molecule is CC(C)(C)n1cc(Nc2cnc(C#N)cn2)cn1. The second-order valence-electron chi connectivity index (χ2n) is 4.87. The lowest BCUT2D eigenvalue weighted by Crippen LogP contribution is -2.21. The third-order valence-electron chi connectivity index (χ3n) is 2.31. The summed E-state index contributed by atoms with van der Waals surface area (Å²) in [5, 5.41) is 16.0. The average Bonchev–Trinajstić information content (AvgIpc) is 2.78. The fourth-order valence-corrected chi connectivity index (χ4v) is 1.35.